The van der Waals surface area contributed by atoms with E-state index in [0.29, 0.717) is 12.4 Å². The van der Waals surface area contributed by atoms with Crippen LogP contribution in [0.2, 0.25) is 0 Å². The Balaban J connectivity index is 1.91. The number of rotatable bonds is 3. The predicted octanol–water partition coefficient (Wildman–Crippen LogP) is 0.244. The summed E-state index contributed by atoms with van der Waals surface area (Å²) in [5.41, 5.74) is -0.762. The molecule has 0 spiro atoms. The SMILES string of the molecule is Cn1c(NCC23CCCN(CCC2)C3)c(C#N)c(=O)n(C)c1=O. The first-order valence-corrected chi connectivity index (χ1v) is 8.14. The van der Waals surface area contributed by atoms with Crippen LogP contribution in [0.1, 0.15) is 31.2 Å². The van der Waals surface area contributed by atoms with Crippen molar-refractivity contribution < 1.29 is 0 Å². The number of aromatic nitrogens is 2. The smallest absolute Gasteiger partial charge is 0.332 e. The molecule has 0 atom stereocenters. The molecule has 124 valence electrons. The van der Waals surface area contributed by atoms with Gasteiger partial charge in [0.2, 0.25) is 0 Å². The summed E-state index contributed by atoms with van der Waals surface area (Å²) in [6.07, 6.45) is 4.67. The fraction of sp³-hybridized carbons (Fsp3) is 0.688. The van der Waals surface area contributed by atoms with Crippen LogP contribution in [-0.2, 0) is 14.1 Å². The molecule has 0 radical (unpaired) electrons. The van der Waals surface area contributed by atoms with Crippen LogP contribution in [0.15, 0.2) is 9.59 Å². The minimum Gasteiger partial charge on any atom is -0.369 e. The first-order valence-electron chi connectivity index (χ1n) is 8.14. The second kappa shape index (κ2) is 5.85. The summed E-state index contributed by atoms with van der Waals surface area (Å²) in [4.78, 5) is 26.7. The lowest BCUT2D eigenvalue weighted by Gasteiger charge is -2.47. The molecule has 0 aliphatic carbocycles. The molecule has 3 heterocycles. The van der Waals surface area contributed by atoms with Crippen LogP contribution in [0.5, 0.6) is 0 Å². The number of nitriles is 1. The van der Waals surface area contributed by atoms with Crippen molar-refractivity contribution in [3.05, 3.63) is 26.4 Å². The Hall–Kier alpha value is -2.07. The number of nitrogens with zero attached hydrogens (tertiary/aromatic N) is 4. The van der Waals surface area contributed by atoms with Crippen LogP contribution >= 0.6 is 0 Å². The number of hydrogen-bond acceptors (Lipinski definition) is 5. The van der Waals surface area contributed by atoms with Crippen LogP contribution in [0, 0.1) is 16.7 Å². The quantitative estimate of drug-likeness (QED) is 0.864. The van der Waals surface area contributed by atoms with Gasteiger partial charge in [-0.25, -0.2) is 4.79 Å². The predicted molar refractivity (Wildman–Crippen MR) is 87.5 cm³/mol. The molecule has 0 saturated carbocycles. The van der Waals surface area contributed by atoms with Crippen molar-refractivity contribution in [2.45, 2.75) is 25.7 Å². The van der Waals surface area contributed by atoms with Gasteiger partial charge in [0.05, 0.1) is 0 Å². The van der Waals surface area contributed by atoms with Gasteiger partial charge in [0.15, 0.2) is 5.56 Å². The minimum atomic E-state index is -0.537. The zero-order valence-electron chi connectivity index (χ0n) is 13.8. The average Bonchev–Trinajstić information content (AvgIpc) is 2.55. The summed E-state index contributed by atoms with van der Waals surface area (Å²) in [7, 11) is 2.99. The first kappa shape index (κ1) is 15.8. The molecule has 0 unspecified atom stereocenters. The second-order valence-electron chi connectivity index (χ2n) is 6.88. The van der Waals surface area contributed by atoms with Crippen molar-refractivity contribution in [3.8, 4) is 6.07 Å². The lowest BCUT2D eigenvalue weighted by molar-refractivity contribution is 0.0478. The number of nitrogens with one attached hydrogen (secondary N) is 1. The number of fused-ring (bicyclic) bond motifs is 2. The monoisotopic (exact) mass is 317 g/mol. The van der Waals surface area contributed by atoms with Gasteiger partial charge in [-0.3, -0.25) is 13.9 Å². The Morgan fingerprint density at radius 2 is 1.83 bits per heavy atom. The summed E-state index contributed by atoms with van der Waals surface area (Å²) < 4.78 is 2.34. The van der Waals surface area contributed by atoms with E-state index in [1.54, 1.807) is 7.05 Å². The summed E-state index contributed by atoms with van der Waals surface area (Å²) in [6, 6.07) is 1.95. The Morgan fingerprint density at radius 1 is 1.17 bits per heavy atom. The molecule has 3 rings (SSSR count). The summed E-state index contributed by atoms with van der Waals surface area (Å²) in [6.45, 7) is 4.07. The molecule has 2 fully saturated rings. The van der Waals surface area contributed by atoms with Gasteiger partial charge in [-0.2, -0.15) is 5.26 Å². The van der Waals surface area contributed by atoms with E-state index in [0.717, 1.165) is 37.0 Å². The summed E-state index contributed by atoms with van der Waals surface area (Å²) in [5.74, 6) is 0.345. The van der Waals surface area contributed by atoms with Gasteiger partial charge in [0, 0.05) is 32.6 Å². The molecule has 23 heavy (non-hydrogen) atoms. The Labute approximate surface area is 135 Å². The Kier molecular flexibility index (Phi) is 4.02. The summed E-state index contributed by atoms with van der Waals surface area (Å²) in [5, 5.41) is 12.6. The van der Waals surface area contributed by atoms with Crippen molar-refractivity contribution in [2.75, 3.05) is 31.5 Å². The molecule has 7 nitrogen and oxygen atoms in total. The topological polar surface area (TPSA) is 83.1 Å². The number of piperidine rings is 2. The molecule has 0 aromatic carbocycles. The minimum absolute atomic E-state index is 0.00877. The van der Waals surface area contributed by atoms with Crippen LogP contribution in [0.4, 0.5) is 5.82 Å². The highest BCUT2D eigenvalue weighted by atomic mass is 16.2. The molecule has 2 aliphatic heterocycles. The highest BCUT2D eigenvalue weighted by molar-refractivity contribution is 5.51. The van der Waals surface area contributed by atoms with Crippen molar-refractivity contribution >= 4 is 5.82 Å². The van der Waals surface area contributed by atoms with Crippen molar-refractivity contribution in [1.82, 2.24) is 14.0 Å². The van der Waals surface area contributed by atoms with Crippen molar-refractivity contribution in [2.24, 2.45) is 19.5 Å². The van der Waals surface area contributed by atoms with Gasteiger partial charge >= 0.3 is 5.69 Å². The van der Waals surface area contributed by atoms with E-state index in [9.17, 15) is 14.9 Å². The molecule has 2 aliphatic rings. The Bertz CT molecular complexity index is 760. The molecule has 0 amide bonds. The van der Waals surface area contributed by atoms with Crippen molar-refractivity contribution in [3.63, 3.8) is 0 Å². The van der Waals surface area contributed by atoms with Gasteiger partial charge in [0.1, 0.15) is 11.9 Å². The number of hydrogen-bond donors (Lipinski definition) is 1. The second-order valence-corrected chi connectivity index (χ2v) is 6.88. The third-order valence-corrected chi connectivity index (χ3v) is 5.33. The maximum absolute atomic E-state index is 12.1. The molecule has 2 saturated heterocycles. The Morgan fingerprint density at radius 3 is 2.43 bits per heavy atom. The van der Waals surface area contributed by atoms with Gasteiger partial charge in [0.25, 0.3) is 5.56 Å². The van der Waals surface area contributed by atoms with Crippen molar-refractivity contribution in [1.29, 1.82) is 5.26 Å². The largest absolute Gasteiger partial charge is 0.369 e. The summed E-state index contributed by atoms with van der Waals surface area (Å²) >= 11 is 0. The molecular formula is C16H23N5O2. The van der Waals surface area contributed by atoms with E-state index >= 15 is 0 Å². The number of anilines is 1. The maximum atomic E-state index is 12.1. The maximum Gasteiger partial charge on any atom is 0.332 e. The molecule has 2 bridgehead atoms. The lowest BCUT2D eigenvalue weighted by atomic mass is 9.73. The van der Waals surface area contributed by atoms with E-state index < -0.39 is 11.2 Å². The zero-order valence-corrected chi connectivity index (χ0v) is 13.8. The van der Waals surface area contributed by atoms with Gasteiger partial charge < -0.3 is 10.2 Å². The average molecular weight is 317 g/mol. The van der Waals surface area contributed by atoms with Gasteiger partial charge in [-0.05, 0) is 38.8 Å². The van der Waals surface area contributed by atoms with E-state index in [2.05, 4.69) is 10.2 Å². The third-order valence-electron chi connectivity index (χ3n) is 5.33. The third kappa shape index (κ3) is 2.68. The standard InChI is InChI=1S/C16H23N5O2/c1-19-13(12(9-17)14(22)20(2)15(19)23)18-10-16-5-3-7-21(11-16)8-4-6-16/h18H,3-8,10-11H2,1-2H3. The fourth-order valence-electron chi connectivity index (χ4n) is 4.04. The van der Waals surface area contributed by atoms with E-state index in [4.69, 9.17) is 0 Å². The van der Waals surface area contributed by atoms with Gasteiger partial charge in [-0.15, -0.1) is 0 Å². The van der Waals surface area contributed by atoms with Crippen LogP contribution in [0.3, 0.4) is 0 Å². The van der Waals surface area contributed by atoms with Crippen LogP contribution in [0.25, 0.3) is 0 Å². The van der Waals surface area contributed by atoms with E-state index in [-0.39, 0.29) is 11.0 Å². The van der Waals surface area contributed by atoms with Gasteiger partial charge in [-0.1, -0.05) is 0 Å². The lowest BCUT2D eigenvalue weighted by Crippen LogP contribution is -2.51. The normalized spacial score (nSPS) is 26.6. The highest BCUT2D eigenvalue weighted by Gasteiger charge is 2.38. The molecule has 1 aromatic rings. The molecule has 7 heteroatoms. The highest BCUT2D eigenvalue weighted by Crippen LogP contribution is 2.38. The van der Waals surface area contributed by atoms with Crippen LogP contribution in [-0.4, -0.2) is 40.2 Å². The van der Waals surface area contributed by atoms with E-state index in [1.807, 2.05) is 6.07 Å². The molecular weight excluding hydrogens is 294 g/mol. The molecule has 1 N–H and O–H groups in total. The van der Waals surface area contributed by atoms with Crippen LogP contribution < -0.4 is 16.6 Å². The zero-order chi connectivity index (χ0) is 16.6. The van der Waals surface area contributed by atoms with E-state index in [1.165, 1.54) is 24.5 Å². The fourth-order valence-corrected chi connectivity index (χ4v) is 4.04. The molecule has 1 aromatic heterocycles. The first-order chi connectivity index (χ1) is 11.0.